The Morgan fingerprint density at radius 1 is 1.47 bits per heavy atom. The average Bonchev–Trinajstić information content (AvgIpc) is 2.27. The van der Waals surface area contributed by atoms with Gasteiger partial charge in [0.15, 0.2) is 0 Å². The summed E-state index contributed by atoms with van der Waals surface area (Å²) in [6.07, 6.45) is 2.08. The van der Waals surface area contributed by atoms with E-state index in [0.29, 0.717) is 0 Å². The summed E-state index contributed by atoms with van der Waals surface area (Å²) in [7, 11) is 0. The van der Waals surface area contributed by atoms with E-state index in [1.54, 1.807) is 12.1 Å². The van der Waals surface area contributed by atoms with Crippen molar-refractivity contribution in [2.45, 2.75) is 39.7 Å². The van der Waals surface area contributed by atoms with Gasteiger partial charge in [0.2, 0.25) is 0 Å². The van der Waals surface area contributed by atoms with E-state index < -0.39 is 0 Å². The molecule has 0 heterocycles. The third kappa shape index (κ3) is 4.66. The highest BCUT2D eigenvalue weighted by Crippen LogP contribution is 2.22. The second-order valence-corrected chi connectivity index (χ2v) is 4.96. The molecule has 1 rings (SSSR count). The van der Waals surface area contributed by atoms with E-state index in [-0.39, 0.29) is 11.9 Å². The molecule has 0 fully saturated rings. The van der Waals surface area contributed by atoms with Gasteiger partial charge in [-0.25, -0.2) is 4.39 Å². The number of benzene rings is 1. The molecular weight excluding hydrogens is 328 g/mol. The van der Waals surface area contributed by atoms with Crippen LogP contribution >= 0.6 is 22.6 Å². The highest BCUT2D eigenvalue weighted by Gasteiger charge is 2.11. The molecule has 0 bridgehead atoms. The van der Waals surface area contributed by atoms with E-state index in [4.69, 9.17) is 0 Å². The van der Waals surface area contributed by atoms with Gasteiger partial charge in [-0.15, -0.1) is 0 Å². The van der Waals surface area contributed by atoms with Crippen molar-refractivity contribution in [2.24, 2.45) is 0 Å². The van der Waals surface area contributed by atoms with Gasteiger partial charge < -0.3 is 5.32 Å². The average molecular weight is 347 g/mol. The number of hydrogen-bond donors (Lipinski definition) is 1. The van der Waals surface area contributed by atoms with E-state index in [1.807, 2.05) is 17.9 Å². The van der Waals surface area contributed by atoms with Crippen LogP contribution in [0, 0.1) is 12.7 Å². The molecule has 3 heteroatoms. The second-order valence-electron chi connectivity index (χ2n) is 4.34. The second kappa shape index (κ2) is 6.99. The summed E-state index contributed by atoms with van der Waals surface area (Å²) < 4.78 is 15.4. The minimum Gasteiger partial charge on any atom is -0.381 e. The Kier molecular flexibility index (Phi) is 5.95. The van der Waals surface area contributed by atoms with Crippen LogP contribution in [-0.2, 0) is 0 Å². The van der Waals surface area contributed by atoms with Gasteiger partial charge in [0, 0.05) is 5.70 Å². The van der Waals surface area contributed by atoms with Crippen LogP contribution in [0.25, 0.3) is 0 Å². The Labute approximate surface area is 117 Å². The predicted octanol–water partition coefficient (Wildman–Crippen LogP) is 4.86. The zero-order valence-corrected chi connectivity index (χ0v) is 12.7. The van der Waals surface area contributed by atoms with Gasteiger partial charge in [0.05, 0.1) is 6.04 Å². The van der Waals surface area contributed by atoms with Crippen LogP contribution < -0.4 is 5.32 Å². The first-order valence-electron chi connectivity index (χ1n) is 5.87. The van der Waals surface area contributed by atoms with Crippen LogP contribution in [-0.4, -0.2) is 0 Å². The fourth-order valence-corrected chi connectivity index (χ4v) is 2.06. The molecule has 0 amide bonds. The maximum atomic E-state index is 13.4. The van der Waals surface area contributed by atoms with E-state index in [9.17, 15) is 4.39 Å². The van der Waals surface area contributed by atoms with Crippen LogP contribution in [0.4, 0.5) is 4.39 Å². The third-order valence-corrected chi connectivity index (χ3v) is 3.54. The summed E-state index contributed by atoms with van der Waals surface area (Å²) >= 11 is 2.21. The van der Waals surface area contributed by atoms with Crippen molar-refractivity contribution in [1.82, 2.24) is 5.32 Å². The van der Waals surface area contributed by atoms with E-state index in [0.717, 1.165) is 29.7 Å². The number of rotatable bonds is 5. The van der Waals surface area contributed by atoms with Gasteiger partial charge in [-0.05, 0) is 47.6 Å². The van der Waals surface area contributed by atoms with E-state index in [2.05, 4.69) is 40.9 Å². The molecule has 0 aliphatic rings. The third-order valence-electron chi connectivity index (χ3n) is 2.61. The van der Waals surface area contributed by atoms with E-state index in [1.165, 1.54) is 0 Å². The van der Waals surface area contributed by atoms with Crippen LogP contribution in [0.2, 0.25) is 0 Å². The molecule has 0 aromatic heterocycles. The fraction of sp³-hybridized carbons (Fsp3) is 0.429. The van der Waals surface area contributed by atoms with Crippen molar-refractivity contribution in [1.29, 1.82) is 0 Å². The quantitative estimate of drug-likeness (QED) is 0.750. The van der Waals surface area contributed by atoms with Crippen molar-refractivity contribution in [3.05, 3.63) is 44.9 Å². The number of halogens is 2. The van der Waals surface area contributed by atoms with Crippen molar-refractivity contribution >= 4 is 22.6 Å². The van der Waals surface area contributed by atoms with Crippen molar-refractivity contribution in [3.8, 4) is 0 Å². The lowest BCUT2D eigenvalue weighted by atomic mass is 10.00. The molecule has 17 heavy (non-hydrogen) atoms. The highest BCUT2D eigenvalue weighted by molar-refractivity contribution is 14.1. The normalized spacial score (nSPS) is 13.6. The van der Waals surface area contributed by atoms with Gasteiger partial charge >= 0.3 is 0 Å². The summed E-state index contributed by atoms with van der Waals surface area (Å²) in [5.74, 6) is -0.154. The molecule has 94 valence electrons. The molecule has 1 unspecified atom stereocenters. The Bertz CT molecular complexity index is 381. The standard InChI is InChI=1S/C14H19FIN/c1-4-5-14(17-11(3)9-16)12-6-10(2)7-13(15)8-12/h6-9,14,17H,4-5H2,1-3H3/b11-9+. The number of hydrogen-bond acceptors (Lipinski definition) is 1. The topological polar surface area (TPSA) is 12.0 Å². The number of allylic oxidation sites excluding steroid dienone is 1. The van der Waals surface area contributed by atoms with Crippen LogP contribution in [0.5, 0.6) is 0 Å². The zero-order valence-electron chi connectivity index (χ0n) is 10.6. The van der Waals surface area contributed by atoms with Crippen LogP contribution in [0.15, 0.2) is 28.0 Å². The summed E-state index contributed by atoms with van der Waals surface area (Å²) in [5, 5.41) is 3.43. The molecule has 1 N–H and O–H groups in total. The first kappa shape index (κ1) is 14.5. The molecule has 1 aromatic rings. The van der Waals surface area contributed by atoms with Crippen LogP contribution in [0.3, 0.4) is 0 Å². The number of nitrogens with one attached hydrogen (secondary N) is 1. The van der Waals surface area contributed by atoms with Gasteiger partial charge in [-0.1, -0.05) is 42.0 Å². The molecule has 0 radical (unpaired) electrons. The Hall–Kier alpha value is -0.580. The first-order chi connectivity index (χ1) is 8.06. The highest BCUT2D eigenvalue weighted by atomic mass is 127. The lowest BCUT2D eigenvalue weighted by molar-refractivity contribution is 0.538. The van der Waals surface area contributed by atoms with Crippen molar-refractivity contribution < 1.29 is 4.39 Å². The fourth-order valence-electron chi connectivity index (χ4n) is 1.88. The molecule has 1 atom stereocenters. The zero-order chi connectivity index (χ0) is 12.8. The minimum absolute atomic E-state index is 0.154. The van der Waals surface area contributed by atoms with Gasteiger partial charge in [0.25, 0.3) is 0 Å². The molecule has 1 aromatic carbocycles. The summed E-state index contributed by atoms with van der Waals surface area (Å²) in [6, 6.07) is 5.44. The monoisotopic (exact) mass is 347 g/mol. The molecular formula is C14H19FIN. The minimum atomic E-state index is -0.154. The summed E-state index contributed by atoms with van der Waals surface area (Å²) in [6.45, 7) is 6.10. The lowest BCUT2D eigenvalue weighted by Crippen LogP contribution is -2.19. The van der Waals surface area contributed by atoms with Gasteiger partial charge in [0.1, 0.15) is 5.82 Å². The molecule has 0 spiro atoms. The first-order valence-corrected chi connectivity index (χ1v) is 7.12. The molecule has 0 aliphatic carbocycles. The number of aryl methyl sites for hydroxylation is 1. The Balaban J connectivity index is 2.96. The summed E-state index contributed by atoms with van der Waals surface area (Å²) in [4.78, 5) is 0. The Morgan fingerprint density at radius 2 is 2.18 bits per heavy atom. The molecule has 0 saturated carbocycles. The Morgan fingerprint density at radius 3 is 2.71 bits per heavy atom. The lowest BCUT2D eigenvalue weighted by Gasteiger charge is -2.20. The smallest absolute Gasteiger partial charge is 0.123 e. The summed E-state index contributed by atoms with van der Waals surface area (Å²) in [5.41, 5.74) is 3.12. The molecule has 0 saturated heterocycles. The maximum absolute atomic E-state index is 13.4. The maximum Gasteiger partial charge on any atom is 0.123 e. The SMILES string of the molecule is CCCC(N/C(C)=C/I)c1cc(C)cc(F)c1. The van der Waals surface area contributed by atoms with Crippen LogP contribution in [0.1, 0.15) is 43.9 Å². The predicted molar refractivity (Wildman–Crippen MR) is 79.7 cm³/mol. The molecule has 0 aliphatic heterocycles. The van der Waals surface area contributed by atoms with Gasteiger partial charge in [-0.3, -0.25) is 0 Å². The van der Waals surface area contributed by atoms with Crippen molar-refractivity contribution in [2.75, 3.05) is 0 Å². The van der Waals surface area contributed by atoms with Crippen molar-refractivity contribution in [3.63, 3.8) is 0 Å². The van der Waals surface area contributed by atoms with Gasteiger partial charge in [-0.2, -0.15) is 0 Å². The largest absolute Gasteiger partial charge is 0.381 e. The van der Waals surface area contributed by atoms with E-state index >= 15 is 0 Å². The molecule has 1 nitrogen and oxygen atoms in total.